The van der Waals surface area contributed by atoms with Gasteiger partial charge in [0.2, 0.25) is 10.9 Å². The van der Waals surface area contributed by atoms with E-state index in [0.29, 0.717) is 12.8 Å². The fourth-order valence-electron chi connectivity index (χ4n) is 2.80. The van der Waals surface area contributed by atoms with Crippen LogP contribution < -0.4 is 10.1 Å². The molecule has 1 N–H and O–H groups in total. The summed E-state index contributed by atoms with van der Waals surface area (Å²) in [5.41, 5.74) is 2.85. The lowest BCUT2D eigenvalue weighted by Crippen LogP contribution is -2.12. The molecule has 0 bridgehead atoms. The summed E-state index contributed by atoms with van der Waals surface area (Å²) < 4.78 is 6.87. The number of carbonyl (C=O) groups excluding carboxylic acids is 1. The smallest absolute Gasteiger partial charge is 0.234 e. The number of nitrogens with zero attached hydrogens (tertiary/aromatic N) is 4. The number of amides is 1. The van der Waals surface area contributed by atoms with E-state index in [4.69, 9.17) is 4.74 Å². The second kappa shape index (κ2) is 7.77. The second-order valence-corrected chi connectivity index (χ2v) is 7.28. The zero-order valence-electron chi connectivity index (χ0n) is 15.5. The number of ether oxygens (including phenoxy) is 1. The molecule has 2 aromatic heterocycles. The van der Waals surface area contributed by atoms with Crippen molar-refractivity contribution in [2.45, 2.75) is 19.8 Å². The van der Waals surface area contributed by atoms with Crippen LogP contribution in [0, 0.1) is 6.92 Å². The molecule has 0 unspecified atom stereocenters. The maximum Gasteiger partial charge on any atom is 0.234 e. The van der Waals surface area contributed by atoms with Gasteiger partial charge in [0.1, 0.15) is 10.8 Å². The summed E-state index contributed by atoms with van der Waals surface area (Å²) in [6.45, 7) is 1.87. The lowest BCUT2D eigenvalue weighted by atomic mass is 10.1. The van der Waals surface area contributed by atoms with Crippen LogP contribution in [0.5, 0.6) is 5.75 Å². The maximum absolute atomic E-state index is 12.2. The van der Waals surface area contributed by atoms with E-state index >= 15 is 0 Å². The molecule has 4 aromatic rings. The lowest BCUT2D eigenvalue weighted by molar-refractivity contribution is -0.116. The van der Waals surface area contributed by atoms with Gasteiger partial charge in [0.25, 0.3) is 0 Å². The molecule has 4 rings (SSSR count). The first-order valence-electron chi connectivity index (χ1n) is 8.84. The van der Waals surface area contributed by atoms with Gasteiger partial charge in [0.05, 0.1) is 7.11 Å². The highest BCUT2D eigenvalue weighted by atomic mass is 32.1. The van der Waals surface area contributed by atoms with E-state index < -0.39 is 0 Å². The van der Waals surface area contributed by atoms with Gasteiger partial charge in [-0.2, -0.15) is 9.61 Å². The zero-order chi connectivity index (χ0) is 19.5. The van der Waals surface area contributed by atoms with E-state index in [1.807, 2.05) is 55.5 Å². The number of methoxy groups -OCH3 is 1. The molecule has 0 aliphatic carbocycles. The summed E-state index contributed by atoms with van der Waals surface area (Å²) >= 11 is 1.48. The molecular weight excluding hydrogens is 374 g/mol. The van der Waals surface area contributed by atoms with Crippen LogP contribution in [0.15, 0.2) is 48.5 Å². The highest BCUT2D eigenvalue weighted by molar-refractivity contribution is 7.19. The third-order valence-corrected chi connectivity index (χ3v) is 5.31. The van der Waals surface area contributed by atoms with Gasteiger partial charge >= 0.3 is 0 Å². The summed E-state index contributed by atoms with van der Waals surface area (Å²) in [6, 6.07) is 15.4. The Labute approximate surface area is 166 Å². The number of hydrogen-bond donors (Lipinski definition) is 1. The fraction of sp³-hybridized carbons (Fsp3) is 0.200. The molecule has 1 amide bonds. The number of anilines is 1. The largest absolute Gasteiger partial charge is 0.497 e. The molecule has 0 spiro atoms. The fourth-order valence-corrected chi connectivity index (χ4v) is 3.69. The van der Waals surface area contributed by atoms with E-state index in [2.05, 4.69) is 20.6 Å². The van der Waals surface area contributed by atoms with Crippen LogP contribution in [-0.4, -0.2) is 32.8 Å². The summed E-state index contributed by atoms with van der Waals surface area (Å²) in [5.74, 6) is 1.56. The maximum atomic E-state index is 12.2. The third-order valence-electron chi connectivity index (χ3n) is 4.36. The van der Waals surface area contributed by atoms with E-state index in [1.165, 1.54) is 11.3 Å². The van der Waals surface area contributed by atoms with Crippen LogP contribution in [0.1, 0.15) is 17.8 Å². The number of rotatable bonds is 6. The predicted octanol–water partition coefficient (Wildman–Crippen LogP) is 3.74. The molecule has 0 fully saturated rings. The highest BCUT2D eigenvalue weighted by Gasteiger charge is 2.11. The Bertz CT molecular complexity index is 1100. The Morgan fingerprint density at radius 2 is 1.86 bits per heavy atom. The average molecular weight is 393 g/mol. The first-order chi connectivity index (χ1) is 13.6. The molecule has 0 saturated carbocycles. The monoisotopic (exact) mass is 393 g/mol. The van der Waals surface area contributed by atoms with Crippen molar-refractivity contribution in [1.82, 2.24) is 19.8 Å². The molecule has 0 saturated heterocycles. The number of fused-ring (bicyclic) bond motifs is 1. The quantitative estimate of drug-likeness (QED) is 0.540. The molecule has 28 heavy (non-hydrogen) atoms. The van der Waals surface area contributed by atoms with Gasteiger partial charge in [0, 0.05) is 17.7 Å². The van der Waals surface area contributed by atoms with Crippen LogP contribution in [0.2, 0.25) is 0 Å². The summed E-state index contributed by atoms with van der Waals surface area (Å²) in [4.78, 5) is 13.0. The van der Waals surface area contributed by atoms with Crippen LogP contribution >= 0.6 is 11.3 Å². The molecule has 7 nitrogen and oxygen atoms in total. The standard InChI is InChI=1S/C20H19N5O2S/c1-13-22-23-20-25(13)24-19(28-20)15-6-8-16(9-7-15)21-18(26)12-5-14-3-10-17(27-2)11-4-14/h3-4,6-11H,5,12H2,1-2H3,(H,21,26). The molecule has 2 heterocycles. The van der Waals surface area contributed by atoms with Crippen molar-refractivity contribution < 1.29 is 9.53 Å². The Kier molecular flexibility index (Phi) is 5.03. The van der Waals surface area contributed by atoms with Crippen molar-refractivity contribution in [2.24, 2.45) is 0 Å². The molecule has 0 radical (unpaired) electrons. The number of aryl methyl sites for hydroxylation is 2. The van der Waals surface area contributed by atoms with E-state index in [9.17, 15) is 4.79 Å². The Hall–Kier alpha value is -3.26. The van der Waals surface area contributed by atoms with Crippen molar-refractivity contribution in [1.29, 1.82) is 0 Å². The van der Waals surface area contributed by atoms with Gasteiger partial charge in [-0.15, -0.1) is 10.2 Å². The molecule has 0 atom stereocenters. The molecule has 0 aliphatic rings. The van der Waals surface area contributed by atoms with Crippen molar-refractivity contribution in [3.63, 3.8) is 0 Å². The van der Waals surface area contributed by atoms with E-state index in [0.717, 1.165) is 38.4 Å². The number of carbonyl (C=O) groups is 1. The topological polar surface area (TPSA) is 81.4 Å². The lowest BCUT2D eigenvalue weighted by Gasteiger charge is -2.06. The molecule has 2 aromatic carbocycles. The van der Waals surface area contributed by atoms with Gasteiger partial charge in [-0.05, 0) is 55.3 Å². The van der Waals surface area contributed by atoms with Gasteiger partial charge in [0.15, 0.2) is 5.82 Å². The van der Waals surface area contributed by atoms with Crippen molar-refractivity contribution >= 4 is 27.9 Å². The van der Waals surface area contributed by atoms with Crippen LogP contribution in [0.25, 0.3) is 15.5 Å². The zero-order valence-corrected chi connectivity index (χ0v) is 16.4. The Morgan fingerprint density at radius 3 is 2.54 bits per heavy atom. The van der Waals surface area contributed by atoms with Gasteiger partial charge < -0.3 is 10.1 Å². The molecule has 0 aliphatic heterocycles. The Morgan fingerprint density at radius 1 is 1.11 bits per heavy atom. The summed E-state index contributed by atoms with van der Waals surface area (Å²) in [6.07, 6.45) is 1.10. The highest BCUT2D eigenvalue weighted by Crippen LogP contribution is 2.26. The van der Waals surface area contributed by atoms with Crippen LogP contribution in [0.4, 0.5) is 5.69 Å². The summed E-state index contributed by atoms with van der Waals surface area (Å²) in [7, 11) is 1.64. The molecular formula is C20H19N5O2S. The minimum absolute atomic E-state index is 0.0158. The number of hydrogen-bond acceptors (Lipinski definition) is 6. The van der Waals surface area contributed by atoms with Crippen molar-refractivity contribution in [2.75, 3.05) is 12.4 Å². The first-order valence-corrected chi connectivity index (χ1v) is 9.66. The van der Waals surface area contributed by atoms with Crippen molar-refractivity contribution in [3.05, 3.63) is 59.9 Å². The first kappa shape index (κ1) is 18.1. The van der Waals surface area contributed by atoms with Gasteiger partial charge in [-0.25, -0.2) is 0 Å². The van der Waals surface area contributed by atoms with Crippen LogP contribution in [0.3, 0.4) is 0 Å². The molecule has 8 heteroatoms. The summed E-state index contributed by atoms with van der Waals surface area (Å²) in [5, 5.41) is 16.4. The SMILES string of the molecule is COc1ccc(CCC(=O)Nc2ccc(-c3nn4c(C)nnc4s3)cc2)cc1. The van der Waals surface area contributed by atoms with Crippen LogP contribution in [-0.2, 0) is 11.2 Å². The predicted molar refractivity (Wildman–Crippen MR) is 109 cm³/mol. The second-order valence-electron chi connectivity index (χ2n) is 6.32. The minimum atomic E-state index is -0.0158. The van der Waals surface area contributed by atoms with Gasteiger partial charge in [-0.3, -0.25) is 4.79 Å². The minimum Gasteiger partial charge on any atom is -0.497 e. The number of benzene rings is 2. The number of aromatic nitrogens is 4. The van der Waals surface area contributed by atoms with E-state index in [-0.39, 0.29) is 5.91 Å². The normalized spacial score (nSPS) is 10.9. The van der Waals surface area contributed by atoms with Gasteiger partial charge in [-0.1, -0.05) is 23.5 Å². The average Bonchev–Trinajstić information content (AvgIpc) is 3.29. The Balaban J connectivity index is 1.36. The van der Waals surface area contributed by atoms with Crippen molar-refractivity contribution in [3.8, 4) is 16.3 Å². The third kappa shape index (κ3) is 3.86. The van der Waals surface area contributed by atoms with E-state index in [1.54, 1.807) is 11.6 Å². The molecule has 142 valence electrons. The number of nitrogens with one attached hydrogen (secondary N) is 1.